The number of rotatable bonds is 3. The van der Waals surface area contributed by atoms with E-state index in [9.17, 15) is 0 Å². The van der Waals surface area contributed by atoms with E-state index >= 15 is 0 Å². The highest BCUT2D eigenvalue weighted by Gasteiger charge is 2.25. The second-order valence-electron chi connectivity index (χ2n) is 4.91. The maximum Gasteiger partial charge on any atom is 0.298 e. The number of nitrogen functional groups attached to an aromatic ring is 1. The second kappa shape index (κ2) is 4.52. The predicted molar refractivity (Wildman–Crippen MR) is 73.7 cm³/mol. The van der Waals surface area contributed by atoms with Gasteiger partial charge in [0.1, 0.15) is 5.52 Å². The van der Waals surface area contributed by atoms with Gasteiger partial charge < -0.3 is 15.1 Å². The van der Waals surface area contributed by atoms with Crippen LogP contribution in [0.1, 0.15) is 32.6 Å². The fraction of sp³-hybridized carbons (Fsp3) is 0.500. The molecule has 1 aliphatic rings. The van der Waals surface area contributed by atoms with E-state index in [1.165, 1.54) is 25.7 Å². The molecule has 18 heavy (non-hydrogen) atoms. The SMILES string of the molecule is CCN(c1nc2c(N)cccc2o1)C1CCCC1. The third kappa shape index (κ3) is 1.82. The van der Waals surface area contributed by atoms with E-state index in [0.29, 0.717) is 11.7 Å². The number of hydrogen-bond donors (Lipinski definition) is 1. The lowest BCUT2D eigenvalue weighted by Crippen LogP contribution is -2.33. The molecule has 0 radical (unpaired) electrons. The summed E-state index contributed by atoms with van der Waals surface area (Å²) in [5.74, 6) is 0. The van der Waals surface area contributed by atoms with Gasteiger partial charge in [-0.05, 0) is 31.9 Å². The van der Waals surface area contributed by atoms with Gasteiger partial charge in [-0.25, -0.2) is 0 Å². The summed E-state index contributed by atoms with van der Waals surface area (Å²) in [5, 5.41) is 0. The Morgan fingerprint density at radius 3 is 2.83 bits per heavy atom. The molecular weight excluding hydrogens is 226 g/mol. The summed E-state index contributed by atoms with van der Waals surface area (Å²) >= 11 is 0. The van der Waals surface area contributed by atoms with E-state index < -0.39 is 0 Å². The average molecular weight is 245 g/mol. The number of nitrogens with two attached hydrogens (primary N) is 1. The average Bonchev–Trinajstić information content (AvgIpc) is 3.00. The summed E-state index contributed by atoms with van der Waals surface area (Å²) in [5.41, 5.74) is 8.17. The molecule has 0 amide bonds. The van der Waals surface area contributed by atoms with Crippen LogP contribution in [0.4, 0.5) is 11.7 Å². The van der Waals surface area contributed by atoms with Gasteiger partial charge in [0.25, 0.3) is 6.01 Å². The zero-order valence-corrected chi connectivity index (χ0v) is 10.7. The molecule has 4 nitrogen and oxygen atoms in total. The quantitative estimate of drug-likeness (QED) is 0.844. The smallest absolute Gasteiger partial charge is 0.298 e. The monoisotopic (exact) mass is 245 g/mol. The summed E-state index contributed by atoms with van der Waals surface area (Å²) in [7, 11) is 0. The lowest BCUT2D eigenvalue weighted by Gasteiger charge is -2.25. The number of anilines is 2. The van der Waals surface area contributed by atoms with E-state index in [4.69, 9.17) is 10.2 Å². The normalized spacial score (nSPS) is 16.5. The molecule has 96 valence electrons. The predicted octanol–water partition coefficient (Wildman–Crippen LogP) is 3.18. The summed E-state index contributed by atoms with van der Waals surface area (Å²) in [6.07, 6.45) is 5.09. The molecule has 1 fully saturated rings. The van der Waals surface area contributed by atoms with Gasteiger partial charge in [0.05, 0.1) is 5.69 Å². The lowest BCUT2D eigenvalue weighted by molar-refractivity contribution is 0.519. The van der Waals surface area contributed by atoms with Crippen LogP contribution < -0.4 is 10.6 Å². The van der Waals surface area contributed by atoms with Gasteiger partial charge in [-0.3, -0.25) is 0 Å². The molecule has 1 aliphatic carbocycles. The minimum absolute atomic E-state index is 0.573. The molecule has 1 aromatic carbocycles. The summed E-state index contributed by atoms with van der Waals surface area (Å²) in [6, 6.07) is 6.98. The molecule has 1 aromatic heterocycles. The van der Waals surface area contributed by atoms with Crippen LogP contribution in [0.2, 0.25) is 0 Å². The van der Waals surface area contributed by atoms with Crippen molar-refractivity contribution in [1.82, 2.24) is 4.98 Å². The maximum absolute atomic E-state index is 5.92. The van der Waals surface area contributed by atoms with Crippen molar-refractivity contribution in [1.29, 1.82) is 0 Å². The topological polar surface area (TPSA) is 55.3 Å². The van der Waals surface area contributed by atoms with Crippen molar-refractivity contribution in [2.24, 2.45) is 0 Å². The molecule has 1 saturated carbocycles. The first-order chi connectivity index (χ1) is 8.79. The van der Waals surface area contributed by atoms with Crippen molar-refractivity contribution in [2.45, 2.75) is 38.6 Å². The van der Waals surface area contributed by atoms with Crippen molar-refractivity contribution in [3.63, 3.8) is 0 Å². The number of nitrogens with zero attached hydrogens (tertiary/aromatic N) is 2. The number of fused-ring (bicyclic) bond motifs is 1. The van der Waals surface area contributed by atoms with Crippen LogP contribution in [-0.2, 0) is 0 Å². The van der Waals surface area contributed by atoms with Crippen LogP contribution in [0.5, 0.6) is 0 Å². The first-order valence-corrected chi connectivity index (χ1v) is 6.71. The van der Waals surface area contributed by atoms with Gasteiger partial charge in [0, 0.05) is 12.6 Å². The van der Waals surface area contributed by atoms with Crippen LogP contribution >= 0.6 is 0 Å². The molecule has 0 unspecified atom stereocenters. The van der Waals surface area contributed by atoms with E-state index in [1.54, 1.807) is 0 Å². The van der Waals surface area contributed by atoms with E-state index in [2.05, 4.69) is 16.8 Å². The lowest BCUT2D eigenvalue weighted by atomic mass is 10.2. The molecule has 2 N–H and O–H groups in total. The zero-order valence-electron chi connectivity index (χ0n) is 10.7. The summed E-state index contributed by atoms with van der Waals surface area (Å²) in [6.45, 7) is 3.08. The Morgan fingerprint density at radius 1 is 1.39 bits per heavy atom. The fourth-order valence-corrected chi connectivity index (χ4v) is 2.85. The van der Waals surface area contributed by atoms with Gasteiger partial charge in [-0.1, -0.05) is 18.9 Å². The molecule has 0 aliphatic heterocycles. The molecule has 0 spiro atoms. The van der Waals surface area contributed by atoms with Crippen LogP contribution in [0.15, 0.2) is 22.6 Å². The van der Waals surface area contributed by atoms with Crippen molar-refractivity contribution in [3.05, 3.63) is 18.2 Å². The zero-order chi connectivity index (χ0) is 12.5. The number of para-hydroxylation sites is 1. The molecule has 1 heterocycles. The first kappa shape index (κ1) is 11.4. The number of hydrogen-bond acceptors (Lipinski definition) is 4. The Hall–Kier alpha value is -1.71. The van der Waals surface area contributed by atoms with Crippen LogP contribution in [0.3, 0.4) is 0 Å². The van der Waals surface area contributed by atoms with Crippen LogP contribution in [0.25, 0.3) is 11.1 Å². The number of aromatic nitrogens is 1. The number of oxazole rings is 1. The molecule has 2 aromatic rings. The molecule has 0 atom stereocenters. The third-order valence-electron chi connectivity index (χ3n) is 3.79. The van der Waals surface area contributed by atoms with Gasteiger partial charge in [0.15, 0.2) is 5.58 Å². The molecule has 3 rings (SSSR count). The molecule has 0 bridgehead atoms. The maximum atomic E-state index is 5.92. The van der Waals surface area contributed by atoms with Gasteiger partial charge in [-0.15, -0.1) is 0 Å². The highest BCUT2D eigenvalue weighted by Crippen LogP contribution is 2.31. The van der Waals surface area contributed by atoms with Gasteiger partial charge >= 0.3 is 0 Å². The Bertz CT molecular complexity index is 543. The molecular formula is C14H19N3O. The Kier molecular flexibility index (Phi) is 2.86. The van der Waals surface area contributed by atoms with Crippen LogP contribution in [-0.4, -0.2) is 17.6 Å². The highest BCUT2D eigenvalue weighted by atomic mass is 16.4. The fourth-order valence-electron chi connectivity index (χ4n) is 2.85. The molecule has 0 saturated heterocycles. The largest absolute Gasteiger partial charge is 0.423 e. The first-order valence-electron chi connectivity index (χ1n) is 6.71. The third-order valence-corrected chi connectivity index (χ3v) is 3.79. The summed E-state index contributed by atoms with van der Waals surface area (Å²) < 4.78 is 5.85. The van der Waals surface area contributed by atoms with Crippen molar-refractivity contribution in [2.75, 3.05) is 17.2 Å². The van der Waals surface area contributed by atoms with Gasteiger partial charge in [-0.2, -0.15) is 4.98 Å². The van der Waals surface area contributed by atoms with Crippen molar-refractivity contribution in [3.8, 4) is 0 Å². The number of benzene rings is 1. The van der Waals surface area contributed by atoms with E-state index in [1.807, 2.05) is 18.2 Å². The Labute approximate surface area is 107 Å². The summed E-state index contributed by atoms with van der Waals surface area (Å²) in [4.78, 5) is 6.83. The van der Waals surface area contributed by atoms with Gasteiger partial charge in [0.2, 0.25) is 0 Å². The Balaban J connectivity index is 1.99. The van der Waals surface area contributed by atoms with Crippen molar-refractivity contribution < 1.29 is 4.42 Å². The van der Waals surface area contributed by atoms with E-state index in [0.717, 1.165) is 23.7 Å². The second-order valence-corrected chi connectivity index (χ2v) is 4.91. The standard InChI is InChI=1S/C14H19N3O/c1-2-17(10-6-3-4-7-10)14-16-13-11(15)8-5-9-12(13)18-14/h5,8-10H,2-4,6-7,15H2,1H3. The highest BCUT2D eigenvalue weighted by molar-refractivity contribution is 5.86. The van der Waals surface area contributed by atoms with Crippen LogP contribution in [0, 0.1) is 0 Å². The van der Waals surface area contributed by atoms with E-state index in [-0.39, 0.29) is 0 Å². The molecule has 4 heteroatoms. The van der Waals surface area contributed by atoms with Crippen molar-refractivity contribution >= 4 is 22.8 Å². The minimum atomic E-state index is 0.573. The Morgan fingerprint density at radius 2 is 2.17 bits per heavy atom. The minimum Gasteiger partial charge on any atom is -0.423 e.